The van der Waals surface area contributed by atoms with Gasteiger partial charge in [0.15, 0.2) is 0 Å². The van der Waals surface area contributed by atoms with Crippen molar-refractivity contribution < 1.29 is 0 Å². The van der Waals surface area contributed by atoms with Gasteiger partial charge in [0.05, 0.1) is 6.54 Å². The van der Waals surface area contributed by atoms with E-state index in [1.807, 2.05) is 0 Å². The Morgan fingerprint density at radius 2 is 1.60 bits per heavy atom. The van der Waals surface area contributed by atoms with E-state index in [1.54, 1.807) is 0 Å². The highest BCUT2D eigenvalue weighted by Crippen LogP contribution is 2.31. The Labute approximate surface area is 92.2 Å². The van der Waals surface area contributed by atoms with Gasteiger partial charge in [0.2, 0.25) is 0 Å². The fourth-order valence-corrected chi connectivity index (χ4v) is 2.30. The number of rotatable bonds is 2. The largest absolute Gasteiger partial charge is 0.288 e. The Morgan fingerprint density at radius 1 is 1.00 bits per heavy atom. The fourth-order valence-electron chi connectivity index (χ4n) is 2.30. The number of benzene rings is 1. The van der Waals surface area contributed by atoms with Crippen molar-refractivity contribution in [3.8, 4) is 0 Å². The molecule has 0 N–H and O–H groups in total. The summed E-state index contributed by atoms with van der Waals surface area (Å²) in [6.45, 7) is 9.88. The third-order valence-electron chi connectivity index (χ3n) is 3.14. The van der Waals surface area contributed by atoms with Gasteiger partial charge in [0, 0.05) is 11.8 Å². The maximum atomic E-state index is 4.41. The maximum absolute atomic E-state index is 4.41. The van der Waals surface area contributed by atoms with Crippen molar-refractivity contribution in [2.24, 2.45) is 4.99 Å². The molecule has 0 saturated carbocycles. The van der Waals surface area contributed by atoms with Crippen molar-refractivity contribution in [3.05, 3.63) is 34.4 Å². The number of hydrogen-bond donors (Lipinski definition) is 0. The molecule has 0 aliphatic carbocycles. The molecule has 1 heteroatoms. The lowest BCUT2D eigenvalue weighted by molar-refractivity contribution is 0.826. The molecule has 15 heavy (non-hydrogen) atoms. The molecule has 1 aromatic carbocycles. The van der Waals surface area contributed by atoms with Crippen LogP contribution < -0.4 is 0 Å². The second-order valence-corrected chi connectivity index (χ2v) is 4.92. The molecular weight excluding hydrogens is 182 g/mol. The van der Waals surface area contributed by atoms with Crippen molar-refractivity contribution in [2.75, 3.05) is 0 Å². The molecule has 1 aliphatic rings. The van der Waals surface area contributed by atoms with Crippen molar-refractivity contribution in [3.63, 3.8) is 0 Å². The quantitative estimate of drug-likeness (QED) is 0.689. The Balaban J connectivity index is 2.57. The fraction of sp³-hybridized carbons (Fsp3) is 0.500. The van der Waals surface area contributed by atoms with E-state index >= 15 is 0 Å². The van der Waals surface area contributed by atoms with Gasteiger partial charge in [-0.05, 0) is 28.5 Å². The van der Waals surface area contributed by atoms with Gasteiger partial charge in [-0.25, -0.2) is 0 Å². The monoisotopic (exact) mass is 201 g/mol. The highest BCUT2D eigenvalue weighted by molar-refractivity contribution is 5.87. The van der Waals surface area contributed by atoms with E-state index < -0.39 is 0 Å². The summed E-state index contributed by atoms with van der Waals surface area (Å²) >= 11 is 0. The standard InChI is InChI=1S/C14H19N/c1-9(2)11-5-6-12(10(3)4)14-8-15-7-13(11)14/h5-7,9-10H,8H2,1-4H3. The third-order valence-corrected chi connectivity index (χ3v) is 3.14. The third kappa shape index (κ3) is 1.71. The molecule has 0 unspecified atom stereocenters. The minimum atomic E-state index is 0.588. The minimum absolute atomic E-state index is 0.588. The van der Waals surface area contributed by atoms with Gasteiger partial charge in [0.25, 0.3) is 0 Å². The summed E-state index contributed by atoms with van der Waals surface area (Å²) < 4.78 is 0. The molecule has 0 amide bonds. The van der Waals surface area contributed by atoms with Gasteiger partial charge in [-0.2, -0.15) is 0 Å². The van der Waals surface area contributed by atoms with Crippen LogP contribution in [0.2, 0.25) is 0 Å². The van der Waals surface area contributed by atoms with Gasteiger partial charge < -0.3 is 0 Å². The van der Waals surface area contributed by atoms with Crippen LogP contribution in [0.3, 0.4) is 0 Å². The molecule has 1 heterocycles. The minimum Gasteiger partial charge on any atom is -0.288 e. The molecule has 2 rings (SSSR count). The van der Waals surface area contributed by atoms with Gasteiger partial charge in [0.1, 0.15) is 0 Å². The summed E-state index contributed by atoms with van der Waals surface area (Å²) in [5.74, 6) is 1.19. The Morgan fingerprint density at radius 3 is 2.20 bits per heavy atom. The van der Waals surface area contributed by atoms with E-state index in [0.29, 0.717) is 11.8 Å². The second kappa shape index (κ2) is 3.80. The summed E-state index contributed by atoms with van der Waals surface area (Å²) in [6.07, 6.45) is 2.05. The molecule has 0 fully saturated rings. The summed E-state index contributed by atoms with van der Waals surface area (Å²) in [5.41, 5.74) is 5.75. The lowest BCUT2D eigenvalue weighted by Gasteiger charge is -2.16. The van der Waals surface area contributed by atoms with Crippen LogP contribution in [0, 0.1) is 0 Å². The maximum Gasteiger partial charge on any atom is 0.0649 e. The SMILES string of the molecule is CC(C)c1ccc(C(C)C)c2c1C=NC2. The molecule has 1 aliphatic heterocycles. The molecular formula is C14H19N. The normalized spacial score (nSPS) is 14.0. The van der Waals surface area contributed by atoms with Crippen LogP contribution in [0.4, 0.5) is 0 Å². The van der Waals surface area contributed by atoms with Crippen LogP contribution in [0.1, 0.15) is 61.8 Å². The highest BCUT2D eigenvalue weighted by Gasteiger charge is 2.18. The van der Waals surface area contributed by atoms with Gasteiger partial charge in [-0.1, -0.05) is 39.8 Å². The molecule has 80 valence electrons. The first kappa shape index (κ1) is 10.4. The predicted molar refractivity (Wildman–Crippen MR) is 65.9 cm³/mol. The molecule has 0 saturated heterocycles. The lowest BCUT2D eigenvalue weighted by atomic mass is 9.88. The molecule has 1 aromatic rings. The van der Waals surface area contributed by atoms with E-state index in [2.05, 4.69) is 51.0 Å². The van der Waals surface area contributed by atoms with E-state index in [4.69, 9.17) is 0 Å². The van der Waals surface area contributed by atoms with Crippen molar-refractivity contribution >= 4 is 6.21 Å². The Hall–Kier alpha value is -1.11. The zero-order valence-corrected chi connectivity index (χ0v) is 10.0. The van der Waals surface area contributed by atoms with Gasteiger partial charge in [-0.15, -0.1) is 0 Å². The molecule has 0 spiro atoms. The molecule has 0 aromatic heterocycles. The van der Waals surface area contributed by atoms with E-state index in [-0.39, 0.29) is 0 Å². The number of nitrogens with zero attached hydrogens (tertiary/aromatic N) is 1. The number of fused-ring (bicyclic) bond motifs is 1. The summed E-state index contributed by atoms with van der Waals surface area (Å²) in [5, 5.41) is 0. The van der Waals surface area contributed by atoms with Crippen LogP contribution in [0.5, 0.6) is 0 Å². The van der Waals surface area contributed by atoms with E-state index in [9.17, 15) is 0 Å². The second-order valence-electron chi connectivity index (χ2n) is 4.92. The number of aliphatic imine (C=N–C) groups is 1. The highest BCUT2D eigenvalue weighted by atomic mass is 14.7. The van der Waals surface area contributed by atoms with Crippen molar-refractivity contribution in [1.29, 1.82) is 0 Å². The van der Waals surface area contributed by atoms with Crippen molar-refractivity contribution in [2.45, 2.75) is 46.1 Å². The van der Waals surface area contributed by atoms with Crippen LogP contribution in [0.25, 0.3) is 0 Å². The van der Waals surface area contributed by atoms with Crippen molar-refractivity contribution in [1.82, 2.24) is 0 Å². The van der Waals surface area contributed by atoms with Crippen LogP contribution in [-0.2, 0) is 6.54 Å². The van der Waals surface area contributed by atoms with Gasteiger partial charge in [-0.3, -0.25) is 4.99 Å². The lowest BCUT2D eigenvalue weighted by Crippen LogP contribution is -2.02. The smallest absolute Gasteiger partial charge is 0.0649 e. The zero-order chi connectivity index (χ0) is 11.0. The predicted octanol–water partition coefficient (Wildman–Crippen LogP) is 3.87. The topological polar surface area (TPSA) is 12.4 Å². The Bertz CT molecular complexity index is 400. The number of hydrogen-bond acceptors (Lipinski definition) is 1. The zero-order valence-electron chi connectivity index (χ0n) is 10.0. The molecule has 0 radical (unpaired) electrons. The molecule has 1 nitrogen and oxygen atoms in total. The van der Waals surface area contributed by atoms with Crippen LogP contribution in [-0.4, -0.2) is 6.21 Å². The van der Waals surface area contributed by atoms with E-state index in [0.717, 1.165) is 6.54 Å². The van der Waals surface area contributed by atoms with Gasteiger partial charge >= 0.3 is 0 Å². The average Bonchev–Trinajstić information content (AvgIpc) is 2.63. The van der Waals surface area contributed by atoms with Crippen LogP contribution >= 0.6 is 0 Å². The summed E-state index contributed by atoms with van der Waals surface area (Å²) in [4.78, 5) is 4.41. The molecule has 0 atom stereocenters. The summed E-state index contributed by atoms with van der Waals surface area (Å²) in [7, 11) is 0. The van der Waals surface area contributed by atoms with Crippen LogP contribution in [0.15, 0.2) is 17.1 Å². The Kier molecular flexibility index (Phi) is 2.64. The first-order chi connectivity index (χ1) is 7.11. The summed E-state index contributed by atoms with van der Waals surface area (Å²) in [6, 6.07) is 4.56. The average molecular weight is 201 g/mol. The first-order valence-electron chi connectivity index (χ1n) is 5.76. The molecule has 0 bridgehead atoms. The van der Waals surface area contributed by atoms with E-state index in [1.165, 1.54) is 22.3 Å². The first-order valence-corrected chi connectivity index (χ1v) is 5.76.